The number of nitrogens with zero attached hydrogens (tertiary/aromatic N) is 2. The van der Waals surface area contributed by atoms with Crippen LogP contribution in [0.4, 0.5) is 38.5 Å². The number of nitro groups is 2. The highest BCUT2D eigenvalue weighted by Gasteiger charge is 2.33. The lowest BCUT2D eigenvalue weighted by molar-refractivity contribution is -0.385. The number of rotatable bonds is 14. The molecular weight excluding hydrogens is 763 g/mol. The van der Waals surface area contributed by atoms with Crippen molar-refractivity contribution in [2.24, 2.45) is 0 Å². The van der Waals surface area contributed by atoms with Gasteiger partial charge in [0.25, 0.3) is 23.2 Å². The third kappa shape index (κ3) is 13.9. The highest BCUT2D eigenvalue weighted by atomic mass is 19.1. The first-order chi connectivity index (χ1) is 26.6. The molecule has 0 aliphatic heterocycles. The summed E-state index contributed by atoms with van der Waals surface area (Å²) < 4.78 is 24.6. The van der Waals surface area contributed by atoms with Crippen LogP contribution in [0.2, 0.25) is 0 Å². The van der Waals surface area contributed by atoms with Gasteiger partial charge < -0.3 is 41.0 Å². The second-order valence-electron chi connectivity index (χ2n) is 13.1. The van der Waals surface area contributed by atoms with E-state index in [1.807, 2.05) is 0 Å². The number of benzene rings is 4. The standard InChI is InChI=1S/C19H20FN3O6.C19H21N3O6.CH4/c1-11-4-5-13(8-17(11)23(27)28)22-18(25)19(3,26)10-29-14-6-7-16(15(20)9-14)21-12(2)24;1-12-4-5-15(10-17(12)22(26)27)21-18(24)19(3,25)11-28-16-8-6-14(7-9-16)20-13(2)23;/h4-9,26H,10H2,1-3H3,(H,21,24)(H,22,25);4-10,25H,11H2,1-3H3,(H,20,23)(H,21,24);1H4/t2*19-;/m00./s1. The number of anilines is 4. The summed E-state index contributed by atoms with van der Waals surface area (Å²) >= 11 is 0. The van der Waals surface area contributed by atoms with Crippen LogP contribution in [0.15, 0.2) is 78.9 Å². The Morgan fingerprint density at radius 3 is 1.43 bits per heavy atom. The zero-order valence-corrected chi connectivity index (χ0v) is 31.7. The molecule has 0 bridgehead atoms. The monoisotopic (exact) mass is 808 g/mol. The Bertz CT molecular complexity index is 2160. The number of ether oxygens (including phenoxy) is 2. The third-order valence-corrected chi connectivity index (χ3v) is 7.77. The third-order valence-electron chi connectivity index (χ3n) is 7.77. The maximum absolute atomic E-state index is 13.9. The van der Waals surface area contributed by atoms with Crippen LogP contribution in [0.25, 0.3) is 0 Å². The van der Waals surface area contributed by atoms with Crippen LogP contribution >= 0.6 is 0 Å². The molecule has 0 radical (unpaired) electrons. The number of amides is 4. The molecule has 0 saturated carbocycles. The molecule has 0 heterocycles. The van der Waals surface area contributed by atoms with Crippen molar-refractivity contribution in [1.29, 1.82) is 0 Å². The van der Waals surface area contributed by atoms with Crippen molar-refractivity contribution in [3.05, 3.63) is 116 Å². The van der Waals surface area contributed by atoms with Crippen molar-refractivity contribution in [2.75, 3.05) is 34.5 Å². The van der Waals surface area contributed by atoms with Gasteiger partial charge in [-0.25, -0.2) is 4.39 Å². The topological polar surface area (TPSA) is 262 Å². The van der Waals surface area contributed by atoms with Crippen LogP contribution in [-0.4, -0.2) is 68.1 Å². The summed E-state index contributed by atoms with van der Waals surface area (Å²) in [5.41, 5.74) is -2.42. The van der Waals surface area contributed by atoms with Gasteiger partial charge in [-0.1, -0.05) is 19.6 Å². The molecule has 18 nitrogen and oxygen atoms in total. The lowest BCUT2D eigenvalue weighted by Gasteiger charge is -2.22. The van der Waals surface area contributed by atoms with E-state index in [9.17, 15) is 54.0 Å². The quantitative estimate of drug-likeness (QED) is 0.0630. The molecule has 4 amide bonds. The van der Waals surface area contributed by atoms with E-state index in [4.69, 9.17) is 9.47 Å². The molecule has 310 valence electrons. The second kappa shape index (κ2) is 20.3. The number of nitro benzene ring substituents is 2. The van der Waals surface area contributed by atoms with E-state index in [1.54, 1.807) is 38.1 Å². The molecule has 0 spiro atoms. The first-order valence-corrected chi connectivity index (χ1v) is 16.9. The molecular formula is C39H45FN6O12. The number of carbonyl (C=O) groups excluding carboxylic acids is 4. The van der Waals surface area contributed by atoms with Crippen molar-refractivity contribution >= 4 is 57.8 Å². The Morgan fingerprint density at radius 1 is 0.638 bits per heavy atom. The van der Waals surface area contributed by atoms with E-state index in [0.29, 0.717) is 22.6 Å². The van der Waals surface area contributed by atoms with Crippen molar-refractivity contribution in [1.82, 2.24) is 0 Å². The first-order valence-electron chi connectivity index (χ1n) is 16.9. The van der Waals surface area contributed by atoms with E-state index < -0.39 is 51.2 Å². The van der Waals surface area contributed by atoms with Crippen molar-refractivity contribution in [3.63, 3.8) is 0 Å². The Kier molecular flexibility index (Phi) is 16.5. The molecule has 58 heavy (non-hydrogen) atoms. The van der Waals surface area contributed by atoms with Gasteiger partial charge in [0, 0.05) is 60.2 Å². The average Bonchev–Trinajstić information content (AvgIpc) is 3.12. The fraction of sp³-hybridized carbons (Fsp3) is 0.282. The predicted octanol–water partition coefficient (Wildman–Crippen LogP) is 6.04. The molecule has 0 aliphatic carbocycles. The summed E-state index contributed by atoms with van der Waals surface area (Å²) in [5, 5.41) is 52.5. The van der Waals surface area contributed by atoms with Gasteiger partial charge in [0.2, 0.25) is 11.8 Å². The Balaban J connectivity index is 0.000000394. The van der Waals surface area contributed by atoms with Crippen molar-refractivity contribution < 1.29 is 53.1 Å². The largest absolute Gasteiger partial charge is 0.490 e. The zero-order valence-electron chi connectivity index (χ0n) is 31.7. The summed E-state index contributed by atoms with van der Waals surface area (Å²) in [6, 6.07) is 18.4. The molecule has 0 aliphatic rings. The number of carbonyl (C=O) groups is 4. The number of aryl methyl sites for hydroxylation is 2. The maximum atomic E-state index is 13.9. The summed E-state index contributed by atoms with van der Waals surface area (Å²) in [4.78, 5) is 67.5. The van der Waals surface area contributed by atoms with Crippen molar-refractivity contribution in [2.45, 2.75) is 60.2 Å². The van der Waals surface area contributed by atoms with Crippen LogP contribution in [0.5, 0.6) is 11.5 Å². The number of aliphatic hydroxyl groups is 2. The summed E-state index contributed by atoms with van der Waals surface area (Å²) in [6.07, 6.45) is 0. The van der Waals surface area contributed by atoms with Gasteiger partial charge in [-0.15, -0.1) is 0 Å². The Hall–Kier alpha value is -6.99. The molecule has 0 unspecified atom stereocenters. The fourth-order valence-corrected chi connectivity index (χ4v) is 4.59. The van der Waals surface area contributed by atoms with Gasteiger partial charge in [0.15, 0.2) is 11.2 Å². The van der Waals surface area contributed by atoms with Crippen molar-refractivity contribution in [3.8, 4) is 11.5 Å². The molecule has 6 N–H and O–H groups in total. The molecule has 4 aromatic carbocycles. The highest BCUT2D eigenvalue weighted by molar-refractivity contribution is 5.98. The molecule has 0 fully saturated rings. The van der Waals surface area contributed by atoms with E-state index in [0.717, 1.165) is 6.07 Å². The van der Waals surface area contributed by atoms with Crippen LogP contribution in [-0.2, 0) is 19.2 Å². The Labute approximate surface area is 332 Å². The normalized spacial score (nSPS) is 12.4. The van der Waals surface area contributed by atoms with E-state index in [-0.39, 0.29) is 54.1 Å². The fourth-order valence-electron chi connectivity index (χ4n) is 4.59. The van der Waals surface area contributed by atoms with Gasteiger partial charge in [-0.05, 0) is 76.2 Å². The van der Waals surface area contributed by atoms with Gasteiger partial charge in [-0.3, -0.25) is 39.4 Å². The molecule has 4 aromatic rings. The number of hydrogen-bond donors (Lipinski definition) is 6. The van der Waals surface area contributed by atoms with Gasteiger partial charge in [0.05, 0.1) is 15.5 Å². The van der Waals surface area contributed by atoms with Crippen LogP contribution in [0, 0.1) is 39.9 Å². The summed E-state index contributed by atoms with van der Waals surface area (Å²) in [7, 11) is 0. The molecule has 19 heteroatoms. The number of nitrogens with one attached hydrogen (secondary N) is 4. The minimum Gasteiger partial charge on any atom is -0.490 e. The molecule has 0 aromatic heterocycles. The zero-order chi connectivity index (χ0) is 42.7. The smallest absolute Gasteiger partial charge is 0.274 e. The first kappa shape index (κ1) is 47.2. The predicted molar refractivity (Wildman–Crippen MR) is 213 cm³/mol. The van der Waals surface area contributed by atoms with E-state index in [2.05, 4.69) is 21.3 Å². The van der Waals surface area contributed by atoms with E-state index in [1.165, 1.54) is 76.2 Å². The van der Waals surface area contributed by atoms with Crippen LogP contribution < -0.4 is 30.7 Å². The minimum atomic E-state index is -2.01. The number of halogens is 1. The molecule has 0 saturated heterocycles. The van der Waals surface area contributed by atoms with Gasteiger partial charge in [-0.2, -0.15) is 0 Å². The van der Waals surface area contributed by atoms with E-state index >= 15 is 0 Å². The van der Waals surface area contributed by atoms with Crippen LogP contribution in [0.1, 0.15) is 46.2 Å². The van der Waals surface area contributed by atoms with Gasteiger partial charge in [0.1, 0.15) is 30.5 Å². The Morgan fingerprint density at radius 2 is 1.03 bits per heavy atom. The summed E-state index contributed by atoms with van der Waals surface area (Å²) in [5.74, 6) is -2.57. The number of hydrogen-bond acceptors (Lipinski definition) is 12. The lowest BCUT2D eigenvalue weighted by Crippen LogP contribution is -2.45. The SMILES string of the molecule is C.CC(=O)Nc1ccc(OC[C@](C)(O)C(=O)Nc2ccc(C)c([N+](=O)[O-])c2)cc1.CC(=O)Nc1ccc(OC[C@](C)(O)C(=O)Nc2ccc(C)c([N+](=O)[O-])c2)cc1F. The average molecular weight is 809 g/mol. The lowest BCUT2D eigenvalue weighted by atomic mass is 10.1. The highest BCUT2D eigenvalue weighted by Crippen LogP contribution is 2.26. The maximum Gasteiger partial charge on any atom is 0.274 e. The minimum absolute atomic E-state index is 0. The van der Waals surface area contributed by atoms with Gasteiger partial charge >= 0.3 is 0 Å². The molecule has 4 rings (SSSR count). The molecule has 2 atom stereocenters. The summed E-state index contributed by atoms with van der Waals surface area (Å²) in [6.45, 7) is 7.39. The second-order valence-corrected chi connectivity index (χ2v) is 13.1. The van der Waals surface area contributed by atoms with Crippen LogP contribution in [0.3, 0.4) is 0 Å².